The topological polar surface area (TPSA) is 38.1 Å². The minimum absolute atomic E-state index is 0.111. The Hall–Kier alpha value is -1.13. The van der Waals surface area contributed by atoms with Crippen LogP contribution in [-0.4, -0.2) is 20.8 Å². The zero-order chi connectivity index (χ0) is 12.1. The van der Waals surface area contributed by atoms with Crippen molar-refractivity contribution in [2.45, 2.75) is 37.8 Å². The van der Waals surface area contributed by atoms with E-state index in [1.165, 1.54) is 22.6 Å². The van der Waals surface area contributed by atoms with E-state index in [0.29, 0.717) is 12.0 Å². The minimum atomic E-state index is -0.111. The molecule has 4 rings (SSSR count). The van der Waals surface area contributed by atoms with Crippen molar-refractivity contribution in [2.24, 2.45) is 5.92 Å². The fourth-order valence-corrected chi connectivity index (χ4v) is 4.65. The number of fused-ring (bicyclic) bond motifs is 3. The summed E-state index contributed by atoms with van der Waals surface area (Å²) in [6.07, 6.45) is 8.07. The van der Waals surface area contributed by atoms with Crippen molar-refractivity contribution >= 4 is 11.3 Å². The number of rotatable bonds is 1. The number of hydrogen-bond donors (Lipinski definition) is 1. The number of imidazole rings is 1. The molecule has 1 aliphatic carbocycles. The van der Waals surface area contributed by atoms with Crippen LogP contribution in [0.1, 0.15) is 36.6 Å². The second kappa shape index (κ2) is 3.93. The number of nitrogens with zero attached hydrogens (tertiary/aromatic N) is 2. The molecular formula is C14H16N2OS. The average molecular weight is 260 g/mol. The van der Waals surface area contributed by atoms with Gasteiger partial charge in [-0.3, -0.25) is 0 Å². The van der Waals surface area contributed by atoms with Gasteiger partial charge in [-0.25, -0.2) is 4.98 Å². The summed E-state index contributed by atoms with van der Waals surface area (Å²) < 4.78 is 2.31. The first-order valence-electron chi connectivity index (χ1n) is 6.62. The maximum Gasteiger partial charge on any atom is 0.0957 e. The third-order valence-electron chi connectivity index (χ3n) is 4.34. The maximum absolute atomic E-state index is 9.92. The molecule has 4 heteroatoms. The Morgan fingerprint density at radius 3 is 3.22 bits per heavy atom. The molecule has 3 atom stereocenters. The van der Waals surface area contributed by atoms with Gasteiger partial charge in [0.05, 0.1) is 30.4 Å². The largest absolute Gasteiger partial charge is 0.393 e. The van der Waals surface area contributed by atoms with E-state index in [0.717, 1.165) is 19.3 Å². The van der Waals surface area contributed by atoms with E-state index < -0.39 is 0 Å². The standard InChI is InChI=1S/C14H16N2OS/c17-10-3-1-2-9(6-10)13-14-11(4-5-18-14)12-7-15-8-16(12)13/h4-5,7-10,13,17H,1-3,6H2/t9?,10-,13-/m1/s1. The highest BCUT2D eigenvalue weighted by Gasteiger charge is 2.37. The van der Waals surface area contributed by atoms with Crippen molar-refractivity contribution in [2.75, 3.05) is 0 Å². The summed E-state index contributed by atoms with van der Waals surface area (Å²) in [6.45, 7) is 0. The predicted octanol–water partition coefficient (Wildman–Crippen LogP) is 3.07. The van der Waals surface area contributed by atoms with Crippen LogP contribution in [0.25, 0.3) is 11.3 Å². The molecular weight excluding hydrogens is 244 g/mol. The van der Waals surface area contributed by atoms with Crippen LogP contribution in [0.2, 0.25) is 0 Å². The van der Waals surface area contributed by atoms with Crippen LogP contribution in [0.15, 0.2) is 24.0 Å². The number of thiophene rings is 1. The third kappa shape index (κ3) is 1.42. The number of aromatic nitrogens is 2. The van der Waals surface area contributed by atoms with Crippen molar-refractivity contribution in [1.82, 2.24) is 9.55 Å². The Morgan fingerprint density at radius 2 is 2.33 bits per heavy atom. The lowest BCUT2D eigenvalue weighted by atomic mass is 9.82. The lowest BCUT2D eigenvalue weighted by Crippen LogP contribution is -2.26. The second-order valence-electron chi connectivity index (χ2n) is 5.41. The summed E-state index contributed by atoms with van der Waals surface area (Å²) in [5.41, 5.74) is 2.60. The average Bonchev–Trinajstić information content (AvgIpc) is 2.99. The number of hydrogen-bond acceptors (Lipinski definition) is 3. The van der Waals surface area contributed by atoms with Crippen LogP contribution in [0.4, 0.5) is 0 Å². The Labute approximate surface area is 110 Å². The molecule has 2 aromatic rings. The van der Waals surface area contributed by atoms with Gasteiger partial charge in [-0.1, -0.05) is 6.42 Å². The summed E-state index contributed by atoms with van der Waals surface area (Å²) in [5.74, 6) is 0.557. The highest BCUT2D eigenvalue weighted by Crippen LogP contribution is 2.49. The van der Waals surface area contributed by atoms with E-state index in [1.807, 2.05) is 23.9 Å². The van der Waals surface area contributed by atoms with Gasteiger partial charge >= 0.3 is 0 Å². The Morgan fingerprint density at radius 1 is 1.39 bits per heavy atom. The highest BCUT2D eigenvalue weighted by atomic mass is 32.1. The predicted molar refractivity (Wildman–Crippen MR) is 71.6 cm³/mol. The Kier molecular flexibility index (Phi) is 2.35. The molecule has 1 fully saturated rings. The fraction of sp³-hybridized carbons (Fsp3) is 0.500. The first-order chi connectivity index (χ1) is 8.84. The van der Waals surface area contributed by atoms with E-state index in [2.05, 4.69) is 21.0 Å². The van der Waals surface area contributed by atoms with Gasteiger partial charge < -0.3 is 9.67 Å². The Balaban J connectivity index is 1.77. The van der Waals surface area contributed by atoms with Gasteiger partial charge in [0.15, 0.2) is 0 Å². The van der Waals surface area contributed by atoms with Gasteiger partial charge in [0.2, 0.25) is 0 Å². The quantitative estimate of drug-likeness (QED) is 0.855. The van der Waals surface area contributed by atoms with Crippen molar-refractivity contribution in [1.29, 1.82) is 0 Å². The lowest BCUT2D eigenvalue weighted by Gasteiger charge is -2.31. The van der Waals surface area contributed by atoms with Crippen molar-refractivity contribution in [3.05, 3.63) is 28.8 Å². The zero-order valence-corrected chi connectivity index (χ0v) is 10.9. The van der Waals surface area contributed by atoms with E-state index in [1.54, 1.807) is 0 Å². The number of aliphatic hydroxyl groups excluding tert-OH is 1. The van der Waals surface area contributed by atoms with Gasteiger partial charge in [0.25, 0.3) is 0 Å². The number of aliphatic hydroxyl groups is 1. The Bertz CT molecular complexity index is 534. The zero-order valence-electron chi connectivity index (χ0n) is 10.1. The van der Waals surface area contributed by atoms with Crippen LogP contribution in [-0.2, 0) is 0 Å². The van der Waals surface area contributed by atoms with Crippen molar-refractivity contribution < 1.29 is 5.11 Å². The third-order valence-corrected chi connectivity index (χ3v) is 5.33. The molecule has 0 radical (unpaired) electrons. The van der Waals surface area contributed by atoms with Crippen LogP contribution in [0.5, 0.6) is 0 Å². The van der Waals surface area contributed by atoms with Crippen molar-refractivity contribution in [3.63, 3.8) is 0 Å². The van der Waals surface area contributed by atoms with Crippen LogP contribution in [0, 0.1) is 5.92 Å². The molecule has 2 aliphatic rings. The van der Waals surface area contributed by atoms with Gasteiger partial charge in [-0.05, 0) is 36.6 Å². The molecule has 0 saturated heterocycles. The SMILES string of the molecule is O[C@@H]1CCCC([C@@H]2c3sccc3-c3cncn32)C1. The van der Waals surface area contributed by atoms with Gasteiger partial charge in [0, 0.05) is 10.4 Å². The van der Waals surface area contributed by atoms with E-state index in [9.17, 15) is 5.11 Å². The molecule has 94 valence electrons. The molecule has 3 nitrogen and oxygen atoms in total. The van der Waals surface area contributed by atoms with Crippen LogP contribution in [0.3, 0.4) is 0 Å². The molecule has 0 amide bonds. The molecule has 0 aromatic carbocycles. The normalized spacial score (nSPS) is 30.2. The van der Waals surface area contributed by atoms with E-state index >= 15 is 0 Å². The van der Waals surface area contributed by atoms with Crippen molar-refractivity contribution in [3.8, 4) is 11.3 Å². The summed E-state index contributed by atoms with van der Waals surface area (Å²) in [4.78, 5) is 5.76. The maximum atomic E-state index is 9.92. The molecule has 2 aromatic heterocycles. The molecule has 1 aliphatic heterocycles. The van der Waals surface area contributed by atoms with Gasteiger partial charge in [-0.2, -0.15) is 0 Å². The minimum Gasteiger partial charge on any atom is -0.393 e. The summed E-state index contributed by atoms with van der Waals surface area (Å²) in [7, 11) is 0. The molecule has 18 heavy (non-hydrogen) atoms. The van der Waals surface area contributed by atoms with E-state index in [-0.39, 0.29) is 6.10 Å². The summed E-state index contributed by atoms with van der Waals surface area (Å²) >= 11 is 1.85. The summed E-state index contributed by atoms with van der Waals surface area (Å²) in [5, 5.41) is 12.1. The molecule has 1 saturated carbocycles. The van der Waals surface area contributed by atoms with Gasteiger partial charge in [-0.15, -0.1) is 11.3 Å². The van der Waals surface area contributed by atoms with Gasteiger partial charge in [0.1, 0.15) is 0 Å². The smallest absolute Gasteiger partial charge is 0.0957 e. The molecule has 0 spiro atoms. The molecule has 1 unspecified atom stereocenters. The van der Waals surface area contributed by atoms with Crippen LogP contribution >= 0.6 is 11.3 Å². The molecule has 3 heterocycles. The first kappa shape index (κ1) is 10.8. The van der Waals surface area contributed by atoms with E-state index in [4.69, 9.17) is 0 Å². The second-order valence-corrected chi connectivity index (χ2v) is 6.36. The lowest BCUT2D eigenvalue weighted by molar-refractivity contribution is 0.0892. The summed E-state index contributed by atoms with van der Waals surface area (Å²) in [6, 6.07) is 2.61. The molecule has 1 N–H and O–H groups in total. The first-order valence-corrected chi connectivity index (χ1v) is 7.50. The van der Waals surface area contributed by atoms with Crippen LogP contribution < -0.4 is 0 Å². The fourth-order valence-electron chi connectivity index (χ4n) is 3.55. The molecule has 0 bridgehead atoms. The highest BCUT2D eigenvalue weighted by molar-refractivity contribution is 7.10. The monoisotopic (exact) mass is 260 g/mol.